The second-order valence-corrected chi connectivity index (χ2v) is 7.27. The Hall–Kier alpha value is -2.49. The quantitative estimate of drug-likeness (QED) is 0.510. The van der Waals surface area contributed by atoms with Gasteiger partial charge in [0.2, 0.25) is 11.8 Å². The summed E-state index contributed by atoms with van der Waals surface area (Å²) in [5.74, 6) is -1.23. The van der Waals surface area contributed by atoms with Crippen molar-refractivity contribution in [3.8, 4) is 0 Å². The molecule has 24 heavy (non-hydrogen) atoms. The number of hydrogen-bond acceptors (Lipinski definition) is 6. The normalized spacial score (nSPS) is 12.2. The first-order valence-corrected chi connectivity index (χ1v) is 8.77. The molecule has 0 fully saturated rings. The van der Waals surface area contributed by atoms with Crippen LogP contribution in [0.5, 0.6) is 0 Å². The standard InChI is InChI=1S/C14H19N3O6S/c1-3-8-15-13(18)9-16-14(19)10(2)24(22,23)12-6-4-11(5-7-12)17(20)21/h4-7,10H,3,8-9H2,1-2H3,(H,15,18)(H,16,19)/t10-/m0/s1. The highest BCUT2D eigenvalue weighted by molar-refractivity contribution is 7.92. The first-order chi connectivity index (χ1) is 11.2. The maximum atomic E-state index is 12.3. The van der Waals surface area contributed by atoms with Gasteiger partial charge >= 0.3 is 0 Å². The van der Waals surface area contributed by atoms with Crippen LogP contribution < -0.4 is 10.6 Å². The molecule has 9 nitrogen and oxygen atoms in total. The Morgan fingerprint density at radius 3 is 2.29 bits per heavy atom. The molecule has 1 aromatic carbocycles. The molecule has 0 aliphatic rings. The summed E-state index contributed by atoms with van der Waals surface area (Å²) in [5, 5.41) is 14.0. The van der Waals surface area contributed by atoms with Crippen molar-refractivity contribution in [2.45, 2.75) is 30.4 Å². The smallest absolute Gasteiger partial charge is 0.269 e. The lowest BCUT2D eigenvalue weighted by Crippen LogP contribution is -2.43. The van der Waals surface area contributed by atoms with Gasteiger partial charge in [0.15, 0.2) is 9.84 Å². The Bertz CT molecular complexity index is 715. The molecular formula is C14H19N3O6S. The summed E-state index contributed by atoms with van der Waals surface area (Å²) in [4.78, 5) is 33.1. The Kier molecular flexibility index (Phi) is 6.83. The highest BCUT2D eigenvalue weighted by Gasteiger charge is 2.30. The summed E-state index contributed by atoms with van der Waals surface area (Å²) < 4.78 is 24.7. The van der Waals surface area contributed by atoms with Gasteiger partial charge in [-0.25, -0.2) is 8.42 Å². The fourth-order valence-electron chi connectivity index (χ4n) is 1.74. The third-order valence-corrected chi connectivity index (χ3v) is 5.28. The zero-order valence-electron chi connectivity index (χ0n) is 13.3. The van der Waals surface area contributed by atoms with Crippen LogP contribution in [0.3, 0.4) is 0 Å². The van der Waals surface area contributed by atoms with E-state index >= 15 is 0 Å². The summed E-state index contributed by atoms with van der Waals surface area (Å²) in [5.41, 5.74) is -0.251. The second-order valence-electron chi connectivity index (χ2n) is 5.01. The predicted molar refractivity (Wildman–Crippen MR) is 86.1 cm³/mol. The van der Waals surface area contributed by atoms with Crippen LogP contribution in [0.1, 0.15) is 20.3 Å². The Balaban J connectivity index is 2.76. The van der Waals surface area contributed by atoms with Crippen LogP contribution in [0, 0.1) is 10.1 Å². The van der Waals surface area contributed by atoms with E-state index in [1.165, 1.54) is 6.92 Å². The van der Waals surface area contributed by atoms with E-state index in [0.29, 0.717) is 6.54 Å². The molecule has 0 bridgehead atoms. The van der Waals surface area contributed by atoms with Gasteiger partial charge < -0.3 is 10.6 Å². The van der Waals surface area contributed by atoms with Gasteiger partial charge in [0.05, 0.1) is 16.4 Å². The number of benzene rings is 1. The number of sulfone groups is 1. The average molecular weight is 357 g/mol. The van der Waals surface area contributed by atoms with E-state index < -0.39 is 31.8 Å². The molecule has 1 atom stereocenters. The fourth-order valence-corrected chi connectivity index (χ4v) is 3.03. The van der Waals surface area contributed by atoms with Gasteiger partial charge in [0.25, 0.3) is 5.69 Å². The number of carbonyl (C=O) groups excluding carboxylic acids is 2. The minimum Gasteiger partial charge on any atom is -0.355 e. The van der Waals surface area contributed by atoms with Gasteiger partial charge in [-0.1, -0.05) is 6.92 Å². The molecule has 0 aliphatic carbocycles. The number of nitro groups is 1. The van der Waals surface area contributed by atoms with E-state index in [0.717, 1.165) is 30.7 Å². The Morgan fingerprint density at radius 1 is 1.21 bits per heavy atom. The molecule has 2 amide bonds. The number of carbonyl (C=O) groups is 2. The molecule has 0 unspecified atom stereocenters. The van der Waals surface area contributed by atoms with E-state index in [2.05, 4.69) is 10.6 Å². The Morgan fingerprint density at radius 2 is 1.79 bits per heavy atom. The molecule has 0 aliphatic heterocycles. The molecule has 1 rings (SSSR count). The largest absolute Gasteiger partial charge is 0.355 e. The molecule has 0 heterocycles. The van der Waals surface area contributed by atoms with Gasteiger partial charge in [-0.15, -0.1) is 0 Å². The highest BCUT2D eigenvalue weighted by atomic mass is 32.2. The van der Waals surface area contributed by atoms with Crippen molar-refractivity contribution in [2.75, 3.05) is 13.1 Å². The van der Waals surface area contributed by atoms with E-state index in [9.17, 15) is 28.1 Å². The minimum atomic E-state index is -4.01. The van der Waals surface area contributed by atoms with Crippen LogP contribution in [0.25, 0.3) is 0 Å². The van der Waals surface area contributed by atoms with Crippen molar-refractivity contribution >= 4 is 27.3 Å². The highest BCUT2D eigenvalue weighted by Crippen LogP contribution is 2.19. The Labute approximate surface area is 139 Å². The van der Waals surface area contributed by atoms with Gasteiger partial charge in [-0.05, 0) is 25.5 Å². The van der Waals surface area contributed by atoms with Crippen molar-refractivity contribution in [3.05, 3.63) is 34.4 Å². The van der Waals surface area contributed by atoms with Crippen LogP contribution >= 0.6 is 0 Å². The van der Waals surface area contributed by atoms with Crippen LogP contribution in [0.15, 0.2) is 29.2 Å². The van der Waals surface area contributed by atoms with Crippen molar-refractivity contribution < 1.29 is 22.9 Å². The van der Waals surface area contributed by atoms with Gasteiger partial charge in [-0.2, -0.15) is 0 Å². The van der Waals surface area contributed by atoms with Crippen LogP contribution in [-0.2, 0) is 19.4 Å². The van der Waals surface area contributed by atoms with E-state index in [-0.39, 0.29) is 17.1 Å². The molecule has 132 valence electrons. The van der Waals surface area contributed by atoms with Crippen molar-refractivity contribution in [3.63, 3.8) is 0 Å². The first-order valence-electron chi connectivity index (χ1n) is 7.23. The number of hydrogen-bond donors (Lipinski definition) is 2. The zero-order chi connectivity index (χ0) is 18.3. The second kappa shape index (κ2) is 8.39. The molecular weight excluding hydrogens is 338 g/mol. The lowest BCUT2D eigenvalue weighted by atomic mass is 10.3. The monoisotopic (exact) mass is 357 g/mol. The summed E-state index contributed by atoms with van der Waals surface area (Å²) in [6, 6.07) is 4.25. The molecule has 2 N–H and O–H groups in total. The maximum absolute atomic E-state index is 12.3. The zero-order valence-corrected chi connectivity index (χ0v) is 14.1. The van der Waals surface area contributed by atoms with E-state index in [1.54, 1.807) is 0 Å². The van der Waals surface area contributed by atoms with Crippen molar-refractivity contribution in [2.24, 2.45) is 0 Å². The molecule has 1 aromatic rings. The van der Waals surface area contributed by atoms with Crippen molar-refractivity contribution in [1.29, 1.82) is 0 Å². The number of nitro benzene ring substituents is 1. The van der Waals surface area contributed by atoms with Gasteiger partial charge in [0.1, 0.15) is 5.25 Å². The van der Waals surface area contributed by atoms with Crippen molar-refractivity contribution in [1.82, 2.24) is 10.6 Å². The number of rotatable bonds is 8. The number of non-ortho nitro benzene ring substituents is 1. The lowest BCUT2D eigenvalue weighted by Gasteiger charge is -2.13. The molecule has 10 heteroatoms. The predicted octanol–water partition coefficient (Wildman–Crippen LogP) is 0.399. The summed E-state index contributed by atoms with van der Waals surface area (Å²) >= 11 is 0. The maximum Gasteiger partial charge on any atom is 0.269 e. The molecule has 0 aromatic heterocycles. The lowest BCUT2D eigenvalue weighted by molar-refractivity contribution is -0.384. The summed E-state index contributed by atoms with van der Waals surface area (Å²) in [6.45, 7) is 3.21. The van der Waals surface area contributed by atoms with Crippen LogP contribution in [0.2, 0.25) is 0 Å². The van der Waals surface area contributed by atoms with Gasteiger partial charge in [-0.3, -0.25) is 19.7 Å². The first kappa shape index (κ1) is 19.6. The van der Waals surface area contributed by atoms with Gasteiger partial charge in [0, 0.05) is 18.7 Å². The van der Waals surface area contributed by atoms with Crippen LogP contribution in [0.4, 0.5) is 5.69 Å². The third-order valence-electron chi connectivity index (χ3n) is 3.21. The number of nitrogens with one attached hydrogen (secondary N) is 2. The third kappa shape index (κ3) is 5.01. The molecule has 0 spiro atoms. The number of nitrogens with zero attached hydrogens (tertiary/aromatic N) is 1. The molecule has 0 saturated heterocycles. The summed E-state index contributed by atoms with van der Waals surface area (Å²) in [6.07, 6.45) is 0.741. The minimum absolute atomic E-state index is 0.203. The average Bonchev–Trinajstić information content (AvgIpc) is 2.56. The SMILES string of the molecule is CCCNC(=O)CNC(=O)[C@H](C)S(=O)(=O)c1ccc([N+](=O)[O-])cc1. The van der Waals surface area contributed by atoms with E-state index in [4.69, 9.17) is 0 Å². The molecule has 0 saturated carbocycles. The fraction of sp³-hybridized carbons (Fsp3) is 0.429. The number of amides is 2. The van der Waals surface area contributed by atoms with Crippen LogP contribution in [-0.4, -0.2) is 43.5 Å². The summed E-state index contributed by atoms with van der Waals surface area (Å²) in [7, 11) is -4.01. The topological polar surface area (TPSA) is 135 Å². The molecule has 0 radical (unpaired) electrons. The van der Waals surface area contributed by atoms with E-state index in [1.807, 2.05) is 6.92 Å².